The molecule has 2 aliphatic carbocycles. The van der Waals surface area contributed by atoms with Crippen molar-refractivity contribution in [2.45, 2.75) is 69.9 Å². The lowest BCUT2D eigenvalue weighted by Crippen LogP contribution is -2.50. The molecule has 8 nitrogen and oxygen atoms in total. The maximum Gasteiger partial charge on any atom is 0.325 e. The van der Waals surface area contributed by atoms with Gasteiger partial charge in [0.2, 0.25) is 5.91 Å². The molecule has 0 aromatic carbocycles. The van der Waals surface area contributed by atoms with E-state index in [4.69, 9.17) is 0 Å². The van der Waals surface area contributed by atoms with Gasteiger partial charge in [0.15, 0.2) is 0 Å². The lowest BCUT2D eigenvalue weighted by molar-refractivity contribution is -0.134. The molecular weight excluding hydrogens is 324 g/mol. The third kappa shape index (κ3) is 3.62. The van der Waals surface area contributed by atoms with Crippen LogP contribution in [-0.2, 0) is 9.59 Å². The van der Waals surface area contributed by atoms with E-state index < -0.39 is 30.1 Å². The van der Waals surface area contributed by atoms with Crippen molar-refractivity contribution in [2.24, 2.45) is 5.92 Å². The predicted octanol–water partition coefficient (Wildman–Crippen LogP) is 1.26. The lowest BCUT2D eigenvalue weighted by atomic mass is 9.86. The zero-order valence-electron chi connectivity index (χ0n) is 14.6. The van der Waals surface area contributed by atoms with E-state index in [1.165, 1.54) is 0 Å². The zero-order chi connectivity index (χ0) is 18.0. The first-order valence-corrected chi connectivity index (χ1v) is 9.16. The van der Waals surface area contributed by atoms with Crippen molar-refractivity contribution in [3.63, 3.8) is 0 Å². The van der Waals surface area contributed by atoms with Crippen LogP contribution in [0.3, 0.4) is 0 Å². The Kier molecular flexibility index (Phi) is 4.96. The monoisotopic (exact) mass is 350 g/mol. The number of carbonyl (C=O) groups excluding carboxylic acids is 4. The Morgan fingerprint density at radius 2 is 1.84 bits per heavy atom. The lowest BCUT2D eigenvalue weighted by Gasteiger charge is -2.29. The second-order valence-electron chi connectivity index (χ2n) is 7.50. The quantitative estimate of drug-likeness (QED) is 0.666. The smallest absolute Gasteiger partial charge is 0.325 e. The summed E-state index contributed by atoms with van der Waals surface area (Å²) in [6.45, 7) is 1.65. The van der Waals surface area contributed by atoms with E-state index in [1.807, 2.05) is 0 Å². The Morgan fingerprint density at radius 1 is 1.16 bits per heavy atom. The maximum absolute atomic E-state index is 12.5. The first kappa shape index (κ1) is 17.7. The third-order valence-electron chi connectivity index (χ3n) is 5.69. The van der Waals surface area contributed by atoms with E-state index in [9.17, 15) is 19.2 Å². The van der Waals surface area contributed by atoms with Crippen LogP contribution >= 0.6 is 0 Å². The molecule has 0 bridgehead atoms. The summed E-state index contributed by atoms with van der Waals surface area (Å²) in [5.41, 5.74) is -0.836. The molecule has 1 saturated heterocycles. The Morgan fingerprint density at radius 3 is 2.52 bits per heavy atom. The van der Waals surface area contributed by atoms with Crippen molar-refractivity contribution in [1.29, 1.82) is 0 Å². The van der Waals surface area contributed by atoms with Gasteiger partial charge in [-0.15, -0.1) is 0 Å². The van der Waals surface area contributed by atoms with Gasteiger partial charge in [0.05, 0.1) is 0 Å². The Labute approximate surface area is 147 Å². The first-order chi connectivity index (χ1) is 11.9. The van der Waals surface area contributed by atoms with Crippen molar-refractivity contribution in [2.75, 3.05) is 6.54 Å². The van der Waals surface area contributed by atoms with Gasteiger partial charge in [-0.25, -0.2) is 9.59 Å². The normalized spacial score (nSPS) is 28.1. The number of rotatable bonds is 3. The minimum Gasteiger partial charge on any atom is -0.335 e. The summed E-state index contributed by atoms with van der Waals surface area (Å²) in [6.07, 6.45) is 7.16. The number of imide groups is 2. The van der Waals surface area contributed by atoms with Crippen LogP contribution in [0.25, 0.3) is 0 Å². The number of hydrogen-bond acceptors (Lipinski definition) is 4. The Bertz CT molecular complexity index is 585. The van der Waals surface area contributed by atoms with Crippen molar-refractivity contribution >= 4 is 23.9 Å². The van der Waals surface area contributed by atoms with Crippen LogP contribution in [0.2, 0.25) is 0 Å². The fourth-order valence-electron chi connectivity index (χ4n) is 4.18. The number of nitrogens with one attached hydrogen (secondary N) is 3. The third-order valence-corrected chi connectivity index (χ3v) is 5.69. The van der Waals surface area contributed by atoms with Crippen LogP contribution < -0.4 is 16.0 Å². The second kappa shape index (κ2) is 7.01. The largest absolute Gasteiger partial charge is 0.335 e. The summed E-state index contributed by atoms with van der Waals surface area (Å²) in [5.74, 6) is -0.631. The van der Waals surface area contributed by atoms with Crippen LogP contribution in [0.15, 0.2) is 0 Å². The SMILES string of the molecule is C[C@H]1CCCC[C@@H]1NC(=O)NC(=O)CN1C(=O)NC2(CCCC2)C1=O. The van der Waals surface area contributed by atoms with Crippen LogP contribution in [0.1, 0.15) is 58.3 Å². The Balaban J connectivity index is 1.51. The molecule has 0 aromatic rings. The topological polar surface area (TPSA) is 108 Å². The van der Waals surface area contributed by atoms with Gasteiger partial charge in [-0.3, -0.25) is 19.8 Å². The molecule has 8 heteroatoms. The summed E-state index contributed by atoms with van der Waals surface area (Å²) in [4.78, 5) is 49.5. The van der Waals surface area contributed by atoms with Crippen LogP contribution in [0, 0.1) is 5.92 Å². The maximum atomic E-state index is 12.5. The molecule has 1 spiro atoms. The van der Waals surface area contributed by atoms with Gasteiger partial charge in [-0.1, -0.05) is 32.6 Å². The second-order valence-corrected chi connectivity index (χ2v) is 7.50. The van der Waals surface area contributed by atoms with Gasteiger partial charge in [0.25, 0.3) is 5.91 Å². The standard InChI is InChI=1S/C17H26N4O4/c1-11-6-2-3-7-12(11)18-15(24)19-13(22)10-21-14(23)17(20-16(21)25)8-4-5-9-17/h11-12H,2-10H2,1H3,(H,20,25)(H2,18,19,22,24)/t11-,12-/m0/s1. The highest BCUT2D eigenvalue weighted by atomic mass is 16.2. The summed E-state index contributed by atoms with van der Waals surface area (Å²) < 4.78 is 0. The number of urea groups is 2. The average Bonchev–Trinajstić information content (AvgIpc) is 3.11. The van der Waals surface area contributed by atoms with Gasteiger partial charge >= 0.3 is 12.1 Å². The molecule has 138 valence electrons. The molecule has 0 radical (unpaired) electrons. The van der Waals surface area contributed by atoms with E-state index >= 15 is 0 Å². The fourth-order valence-corrected chi connectivity index (χ4v) is 4.18. The summed E-state index contributed by atoms with van der Waals surface area (Å²) >= 11 is 0. The number of nitrogens with zero attached hydrogens (tertiary/aromatic N) is 1. The minimum atomic E-state index is -0.836. The van der Waals surface area contributed by atoms with E-state index in [1.54, 1.807) is 0 Å². The molecule has 2 atom stereocenters. The first-order valence-electron chi connectivity index (χ1n) is 9.16. The van der Waals surface area contributed by atoms with Gasteiger partial charge < -0.3 is 10.6 Å². The van der Waals surface area contributed by atoms with Crippen molar-refractivity contribution in [3.8, 4) is 0 Å². The van der Waals surface area contributed by atoms with Crippen molar-refractivity contribution in [1.82, 2.24) is 20.9 Å². The molecule has 3 aliphatic rings. The summed E-state index contributed by atoms with van der Waals surface area (Å²) in [7, 11) is 0. The van der Waals surface area contributed by atoms with E-state index in [2.05, 4.69) is 22.9 Å². The van der Waals surface area contributed by atoms with Crippen molar-refractivity contribution in [3.05, 3.63) is 0 Å². The highest BCUT2D eigenvalue weighted by molar-refractivity contribution is 6.10. The number of amides is 6. The molecule has 3 rings (SSSR count). The highest BCUT2D eigenvalue weighted by Crippen LogP contribution is 2.34. The summed E-state index contributed by atoms with van der Waals surface area (Å²) in [5, 5.41) is 7.77. The fraction of sp³-hybridized carbons (Fsp3) is 0.765. The van der Waals surface area contributed by atoms with Crippen LogP contribution in [0.4, 0.5) is 9.59 Å². The van der Waals surface area contributed by atoms with Crippen LogP contribution in [-0.4, -0.2) is 46.9 Å². The molecule has 1 aliphatic heterocycles. The molecule has 6 amide bonds. The molecule has 0 aromatic heterocycles. The summed E-state index contributed by atoms with van der Waals surface area (Å²) in [6, 6.07) is -1.06. The molecule has 3 N–H and O–H groups in total. The highest BCUT2D eigenvalue weighted by Gasteiger charge is 2.52. The minimum absolute atomic E-state index is 0.0556. The van der Waals surface area contributed by atoms with Crippen molar-refractivity contribution < 1.29 is 19.2 Å². The van der Waals surface area contributed by atoms with Gasteiger partial charge in [-0.2, -0.15) is 0 Å². The molecule has 1 heterocycles. The molecule has 0 unspecified atom stereocenters. The van der Waals surface area contributed by atoms with Gasteiger partial charge in [0, 0.05) is 6.04 Å². The van der Waals surface area contributed by atoms with Gasteiger partial charge in [-0.05, 0) is 31.6 Å². The molecule has 3 fully saturated rings. The average molecular weight is 350 g/mol. The zero-order valence-corrected chi connectivity index (χ0v) is 14.6. The molecular formula is C17H26N4O4. The predicted molar refractivity (Wildman–Crippen MR) is 89.5 cm³/mol. The number of carbonyl (C=O) groups is 4. The van der Waals surface area contributed by atoms with E-state index in [-0.39, 0.29) is 11.9 Å². The number of hydrogen-bond donors (Lipinski definition) is 3. The molecule has 25 heavy (non-hydrogen) atoms. The van der Waals surface area contributed by atoms with E-state index in [0.717, 1.165) is 43.4 Å². The van der Waals surface area contributed by atoms with Gasteiger partial charge in [0.1, 0.15) is 12.1 Å². The van der Waals surface area contributed by atoms with E-state index in [0.29, 0.717) is 18.8 Å². The Hall–Kier alpha value is -2.12. The van der Waals surface area contributed by atoms with Crippen LogP contribution in [0.5, 0.6) is 0 Å². The molecule has 2 saturated carbocycles.